The second-order valence-electron chi connectivity index (χ2n) is 6.76. The van der Waals surface area contributed by atoms with Crippen LogP contribution in [0.3, 0.4) is 0 Å². The fourth-order valence-electron chi connectivity index (χ4n) is 2.80. The number of ether oxygens (including phenoxy) is 1. The summed E-state index contributed by atoms with van der Waals surface area (Å²) in [6.45, 7) is 1.51. The summed E-state index contributed by atoms with van der Waals surface area (Å²) in [4.78, 5) is 24.4. The molecule has 158 valence electrons. The fourth-order valence-corrected chi connectivity index (χ4v) is 3.06. The zero-order valence-electron chi connectivity index (χ0n) is 17.0. The van der Waals surface area contributed by atoms with Gasteiger partial charge in [-0.25, -0.2) is 5.43 Å². The average molecular weight is 480 g/mol. The molecule has 0 aromatic heterocycles. The number of hydrogen-bond donors (Lipinski definition) is 2. The van der Waals surface area contributed by atoms with Gasteiger partial charge in [0, 0.05) is 21.4 Å². The average Bonchev–Trinajstić information content (AvgIpc) is 2.78. The Hall–Kier alpha value is -3.45. The summed E-state index contributed by atoms with van der Waals surface area (Å²) in [7, 11) is 0. The third-order valence-corrected chi connectivity index (χ3v) is 4.79. The van der Waals surface area contributed by atoms with E-state index in [4.69, 9.17) is 4.74 Å². The van der Waals surface area contributed by atoms with Crippen LogP contribution in [0.15, 0.2) is 88.4 Å². The Balaban J connectivity index is 1.51. The van der Waals surface area contributed by atoms with Gasteiger partial charge < -0.3 is 10.1 Å². The van der Waals surface area contributed by atoms with E-state index in [0.717, 1.165) is 21.3 Å². The van der Waals surface area contributed by atoms with E-state index >= 15 is 0 Å². The summed E-state index contributed by atoms with van der Waals surface area (Å²) in [5.41, 5.74) is 5.55. The van der Waals surface area contributed by atoms with Gasteiger partial charge in [-0.05, 0) is 42.8 Å². The minimum atomic E-state index is -0.405. The van der Waals surface area contributed by atoms with Crippen molar-refractivity contribution < 1.29 is 14.3 Å². The Morgan fingerprint density at radius 2 is 1.58 bits per heavy atom. The molecule has 7 heteroatoms. The van der Waals surface area contributed by atoms with Crippen LogP contribution in [0.4, 0.5) is 5.69 Å². The first-order chi connectivity index (χ1) is 15.0. The highest BCUT2D eigenvalue weighted by Gasteiger charge is 2.10. The predicted molar refractivity (Wildman–Crippen MR) is 126 cm³/mol. The van der Waals surface area contributed by atoms with Crippen molar-refractivity contribution in [1.29, 1.82) is 0 Å². The number of para-hydroxylation sites is 1. The van der Waals surface area contributed by atoms with Gasteiger partial charge in [0.25, 0.3) is 5.91 Å². The number of halogens is 1. The molecule has 0 heterocycles. The second kappa shape index (κ2) is 11.1. The molecule has 0 aliphatic carbocycles. The molecule has 3 aromatic carbocycles. The van der Waals surface area contributed by atoms with Crippen LogP contribution in [0.2, 0.25) is 0 Å². The number of hydrazone groups is 1. The smallest absolute Gasteiger partial charge is 0.277 e. The predicted octanol–water partition coefficient (Wildman–Crippen LogP) is 5.02. The van der Waals surface area contributed by atoms with Crippen LogP contribution in [-0.4, -0.2) is 24.1 Å². The summed E-state index contributed by atoms with van der Waals surface area (Å²) >= 11 is 3.34. The Morgan fingerprint density at radius 3 is 2.32 bits per heavy atom. The SMILES string of the molecule is CC(CC(=O)Nc1ccccc1-c1ccccc1)=NNC(=O)COc1ccc(Br)cc1. The lowest BCUT2D eigenvalue weighted by Crippen LogP contribution is -2.26. The minimum absolute atomic E-state index is 0.0526. The molecule has 0 bridgehead atoms. The lowest BCUT2D eigenvalue weighted by Gasteiger charge is -2.11. The van der Waals surface area contributed by atoms with E-state index in [1.165, 1.54) is 0 Å². The Labute approximate surface area is 189 Å². The monoisotopic (exact) mass is 479 g/mol. The highest BCUT2D eigenvalue weighted by atomic mass is 79.9. The second-order valence-corrected chi connectivity index (χ2v) is 7.68. The Bertz CT molecular complexity index is 1070. The molecule has 31 heavy (non-hydrogen) atoms. The third kappa shape index (κ3) is 7.08. The first-order valence-electron chi connectivity index (χ1n) is 9.66. The van der Waals surface area contributed by atoms with Crippen molar-refractivity contribution in [3.05, 3.63) is 83.3 Å². The maximum absolute atomic E-state index is 12.5. The van der Waals surface area contributed by atoms with Crippen molar-refractivity contribution in [1.82, 2.24) is 5.43 Å². The van der Waals surface area contributed by atoms with E-state index in [-0.39, 0.29) is 18.9 Å². The molecule has 2 amide bonds. The lowest BCUT2D eigenvalue weighted by molar-refractivity contribution is -0.123. The van der Waals surface area contributed by atoms with Crippen LogP contribution in [0.5, 0.6) is 5.75 Å². The zero-order chi connectivity index (χ0) is 22.1. The van der Waals surface area contributed by atoms with Crippen molar-refractivity contribution in [2.45, 2.75) is 13.3 Å². The molecule has 0 aliphatic heterocycles. The quantitative estimate of drug-likeness (QED) is 0.351. The van der Waals surface area contributed by atoms with Crippen LogP contribution < -0.4 is 15.5 Å². The van der Waals surface area contributed by atoms with Crippen LogP contribution in [0.1, 0.15) is 13.3 Å². The van der Waals surface area contributed by atoms with Gasteiger partial charge in [0.15, 0.2) is 6.61 Å². The molecule has 3 rings (SSSR count). The normalized spacial score (nSPS) is 11.0. The van der Waals surface area contributed by atoms with Crippen LogP contribution in [-0.2, 0) is 9.59 Å². The molecular weight excluding hydrogens is 458 g/mol. The van der Waals surface area contributed by atoms with E-state index in [9.17, 15) is 9.59 Å². The summed E-state index contributed by atoms with van der Waals surface area (Å²) < 4.78 is 6.31. The van der Waals surface area contributed by atoms with Crippen molar-refractivity contribution >= 4 is 39.1 Å². The summed E-state index contributed by atoms with van der Waals surface area (Å²) in [6, 6.07) is 24.6. The fraction of sp³-hybridized carbons (Fsp3) is 0.125. The van der Waals surface area contributed by atoms with Gasteiger partial charge in [-0.15, -0.1) is 0 Å². The summed E-state index contributed by atoms with van der Waals surface area (Å²) in [5.74, 6) is -0.0439. The van der Waals surface area contributed by atoms with E-state index in [2.05, 4.69) is 31.8 Å². The number of carbonyl (C=O) groups is 2. The number of rotatable bonds is 8. The molecule has 0 saturated heterocycles. The highest BCUT2D eigenvalue weighted by molar-refractivity contribution is 9.10. The van der Waals surface area contributed by atoms with Crippen molar-refractivity contribution in [3.63, 3.8) is 0 Å². The molecule has 0 fully saturated rings. The van der Waals surface area contributed by atoms with Gasteiger partial charge in [-0.2, -0.15) is 5.10 Å². The van der Waals surface area contributed by atoms with E-state index in [1.807, 2.05) is 66.7 Å². The molecule has 2 N–H and O–H groups in total. The first-order valence-corrected chi connectivity index (χ1v) is 10.5. The molecular formula is C24H22BrN3O3. The molecule has 0 radical (unpaired) electrons. The number of benzene rings is 3. The number of nitrogens with one attached hydrogen (secondary N) is 2. The molecule has 0 aliphatic rings. The zero-order valence-corrected chi connectivity index (χ0v) is 18.6. The van der Waals surface area contributed by atoms with Crippen molar-refractivity contribution in [2.24, 2.45) is 5.10 Å². The third-order valence-electron chi connectivity index (χ3n) is 4.26. The van der Waals surface area contributed by atoms with E-state index < -0.39 is 5.91 Å². The van der Waals surface area contributed by atoms with Crippen molar-refractivity contribution in [3.8, 4) is 16.9 Å². The van der Waals surface area contributed by atoms with Gasteiger partial charge in [-0.1, -0.05) is 64.5 Å². The van der Waals surface area contributed by atoms with Crippen LogP contribution >= 0.6 is 15.9 Å². The Morgan fingerprint density at radius 1 is 0.903 bits per heavy atom. The maximum atomic E-state index is 12.5. The number of anilines is 1. The summed E-state index contributed by atoms with van der Waals surface area (Å²) in [6.07, 6.45) is 0.0526. The van der Waals surface area contributed by atoms with Gasteiger partial charge >= 0.3 is 0 Å². The van der Waals surface area contributed by atoms with E-state index in [1.54, 1.807) is 19.1 Å². The van der Waals surface area contributed by atoms with Crippen molar-refractivity contribution in [2.75, 3.05) is 11.9 Å². The number of hydrogen-bond acceptors (Lipinski definition) is 4. The molecule has 0 atom stereocenters. The standard InChI is InChI=1S/C24H22BrN3O3/c1-17(27-28-24(30)16-31-20-13-11-19(25)12-14-20)15-23(29)26-22-10-6-5-9-21(22)18-7-3-2-4-8-18/h2-14H,15-16H2,1H3,(H,26,29)(H,28,30). The van der Waals surface area contributed by atoms with E-state index in [0.29, 0.717) is 11.5 Å². The molecule has 0 saturated carbocycles. The lowest BCUT2D eigenvalue weighted by atomic mass is 10.0. The Kier molecular flexibility index (Phi) is 7.95. The first kappa shape index (κ1) is 22.2. The number of carbonyl (C=O) groups excluding carboxylic acids is 2. The highest BCUT2D eigenvalue weighted by Crippen LogP contribution is 2.27. The summed E-state index contributed by atoms with van der Waals surface area (Å²) in [5, 5.41) is 6.90. The molecule has 0 spiro atoms. The van der Waals surface area contributed by atoms with Gasteiger partial charge in [0.1, 0.15) is 5.75 Å². The van der Waals surface area contributed by atoms with Crippen LogP contribution in [0.25, 0.3) is 11.1 Å². The largest absolute Gasteiger partial charge is 0.484 e. The van der Waals surface area contributed by atoms with Crippen LogP contribution in [0, 0.1) is 0 Å². The maximum Gasteiger partial charge on any atom is 0.277 e. The number of amides is 2. The van der Waals surface area contributed by atoms with Gasteiger partial charge in [0.2, 0.25) is 5.91 Å². The topological polar surface area (TPSA) is 79.8 Å². The minimum Gasteiger partial charge on any atom is -0.484 e. The molecule has 6 nitrogen and oxygen atoms in total. The van der Waals surface area contributed by atoms with Gasteiger partial charge in [-0.3, -0.25) is 9.59 Å². The van der Waals surface area contributed by atoms with Gasteiger partial charge in [0.05, 0.1) is 6.42 Å². The number of nitrogens with zero attached hydrogens (tertiary/aromatic N) is 1. The molecule has 3 aromatic rings. The molecule has 0 unspecified atom stereocenters.